The van der Waals surface area contributed by atoms with E-state index >= 15 is 0 Å². The number of amides is 1. The number of nitrogens with one attached hydrogen (secondary N) is 1. The van der Waals surface area contributed by atoms with E-state index in [1.54, 1.807) is 49.6 Å². The number of anilines is 1. The Bertz CT molecular complexity index is 917. The third kappa shape index (κ3) is 6.00. The fraction of sp³-hybridized carbons (Fsp3) is 0.105. The molecule has 0 saturated carbocycles. The van der Waals surface area contributed by atoms with Gasteiger partial charge in [0.2, 0.25) is 0 Å². The minimum Gasteiger partial charge on any atom is -0.497 e. The number of nitrogens with zero attached hydrogens (tertiary/aromatic N) is 1. The van der Waals surface area contributed by atoms with Crippen LogP contribution in [0.25, 0.3) is 6.08 Å². The lowest BCUT2D eigenvalue weighted by atomic mass is 10.1. The highest BCUT2D eigenvalue weighted by Gasteiger charge is 2.11. The lowest BCUT2D eigenvalue weighted by molar-refractivity contribution is -0.139. The summed E-state index contributed by atoms with van der Waals surface area (Å²) in [6.45, 7) is -0.446. The normalized spacial score (nSPS) is 10.6. The number of benzene rings is 2. The number of methoxy groups -OCH3 is 1. The van der Waals surface area contributed by atoms with Crippen LogP contribution in [-0.2, 0) is 9.59 Å². The summed E-state index contributed by atoms with van der Waals surface area (Å²) < 4.78 is 10.9. The van der Waals surface area contributed by atoms with Gasteiger partial charge in [0, 0.05) is 5.69 Å². The van der Waals surface area contributed by atoms with Gasteiger partial charge in [-0.3, -0.25) is 4.79 Å². The molecular formula is C19H15IN2O5. The zero-order valence-corrected chi connectivity index (χ0v) is 16.4. The predicted molar refractivity (Wildman–Crippen MR) is 108 cm³/mol. The van der Waals surface area contributed by atoms with Crippen LogP contribution < -0.4 is 14.8 Å². The van der Waals surface area contributed by atoms with Gasteiger partial charge >= 0.3 is 5.97 Å². The molecule has 2 aromatic rings. The van der Waals surface area contributed by atoms with Crippen LogP contribution in [0.15, 0.2) is 48.0 Å². The third-order valence-electron chi connectivity index (χ3n) is 3.33. The van der Waals surface area contributed by atoms with Crippen molar-refractivity contribution < 1.29 is 24.2 Å². The van der Waals surface area contributed by atoms with Crippen molar-refractivity contribution in [1.82, 2.24) is 0 Å². The van der Waals surface area contributed by atoms with Gasteiger partial charge in [0.05, 0.1) is 10.7 Å². The Morgan fingerprint density at radius 3 is 2.52 bits per heavy atom. The Kier molecular flexibility index (Phi) is 7.19. The molecule has 2 rings (SSSR count). The highest BCUT2D eigenvalue weighted by Crippen LogP contribution is 2.23. The minimum atomic E-state index is -1.07. The van der Waals surface area contributed by atoms with Crippen LogP contribution in [-0.4, -0.2) is 30.7 Å². The van der Waals surface area contributed by atoms with E-state index in [1.807, 2.05) is 28.7 Å². The molecular weight excluding hydrogens is 463 g/mol. The van der Waals surface area contributed by atoms with E-state index in [9.17, 15) is 14.9 Å². The molecule has 0 aliphatic rings. The molecule has 0 fully saturated rings. The highest BCUT2D eigenvalue weighted by molar-refractivity contribution is 14.1. The monoisotopic (exact) mass is 478 g/mol. The molecule has 0 bridgehead atoms. The number of aliphatic carboxylic acids is 1. The summed E-state index contributed by atoms with van der Waals surface area (Å²) in [5, 5.41) is 20.6. The van der Waals surface area contributed by atoms with Gasteiger partial charge in [-0.2, -0.15) is 5.26 Å². The molecule has 0 heterocycles. The molecule has 8 heteroatoms. The van der Waals surface area contributed by atoms with Gasteiger partial charge < -0.3 is 19.9 Å². The lowest BCUT2D eigenvalue weighted by Gasteiger charge is -2.07. The van der Waals surface area contributed by atoms with E-state index in [1.165, 1.54) is 6.08 Å². The topological polar surface area (TPSA) is 109 Å². The molecule has 0 aliphatic carbocycles. The Labute approximate surface area is 169 Å². The number of hydrogen-bond donors (Lipinski definition) is 2. The van der Waals surface area contributed by atoms with Crippen LogP contribution >= 0.6 is 22.6 Å². The molecule has 0 spiro atoms. The first-order chi connectivity index (χ1) is 12.9. The maximum absolute atomic E-state index is 12.3. The smallest absolute Gasteiger partial charge is 0.341 e. The van der Waals surface area contributed by atoms with Crippen molar-refractivity contribution >= 4 is 46.2 Å². The van der Waals surface area contributed by atoms with E-state index < -0.39 is 18.5 Å². The molecule has 7 nitrogen and oxygen atoms in total. The first-order valence-corrected chi connectivity index (χ1v) is 8.72. The van der Waals surface area contributed by atoms with Gasteiger partial charge in [-0.15, -0.1) is 0 Å². The largest absolute Gasteiger partial charge is 0.497 e. The van der Waals surface area contributed by atoms with Gasteiger partial charge in [-0.25, -0.2) is 4.79 Å². The SMILES string of the molecule is COc1ccc(NC(=O)/C(C#N)=C\c2ccc(OCC(=O)O)c(I)c2)cc1. The molecule has 2 aromatic carbocycles. The fourth-order valence-corrected chi connectivity index (χ4v) is 2.75. The van der Waals surface area contributed by atoms with Crippen LogP contribution in [0, 0.1) is 14.9 Å². The van der Waals surface area contributed by atoms with Crippen molar-refractivity contribution in [2.75, 3.05) is 19.0 Å². The van der Waals surface area contributed by atoms with Gasteiger partial charge in [0.25, 0.3) is 5.91 Å². The minimum absolute atomic E-state index is 0.0687. The molecule has 0 aromatic heterocycles. The molecule has 0 aliphatic heterocycles. The van der Waals surface area contributed by atoms with E-state index in [4.69, 9.17) is 14.6 Å². The molecule has 0 radical (unpaired) electrons. The van der Waals surface area contributed by atoms with Crippen molar-refractivity contribution in [3.05, 3.63) is 57.2 Å². The van der Waals surface area contributed by atoms with Crippen molar-refractivity contribution in [3.63, 3.8) is 0 Å². The van der Waals surface area contributed by atoms with Crippen LogP contribution in [0.3, 0.4) is 0 Å². The number of carboxylic acids is 1. The van der Waals surface area contributed by atoms with Gasteiger partial charge in [-0.05, 0) is 70.6 Å². The number of carboxylic acid groups (broad SMARTS) is 1. The Balaban J connectivity index is 2.14. The molecule has 1 amide bonds. The van der Waals surface area contributed by atoms with Gasteiger partial charge in [0.1, 0.15) is 23.1 Å². The zero-order valence-electron chi connectivity index (χ0n) is 14.2. The molecule has 2 N–H and O–H groups in total. The number of carbonyl (C=O) groups excluding carboxylic acids is 1. The Morgan fingerprint density at radius 1 is 1.26 bits per heavy atom. The van der Waals surface area contributed by atoms with Crippen LogP contribution in [0.1, 0.15) is 5.56 Å². The van der Waals surface area contributed by atoms with Crippen molar-refractivity contribution in [2.45, 2.75) is 0 Å². The number of carbonyl (C=O) groups is 2. The van der Waals surface area contributed by atoms with Crippen LogP contribution in [0.5, 0.6) is 11.5 Å². The van der Waals surface area contributed by atoms with E-state index in [-0.39, 0.29) is 5.57 Å². The van der Waals surface area contributed by atoms with E-state index in [2.05, 4.69) is 5.32 Å². The molecule has 0 saturated heterocycles. The van der Waals surface area contributed by atoms with Gasteiger partial charge in [0.15, 0.2) is 6.61 Å². The second-order valence-corrected chi connectivity index (χ2v) is 6.39. The molecule has 0 atom stereocenters. The van der Waals surface area contributed by atoms with Crippen molar-refractivity contribution in [1.29, 1.82) is 5.26 Å². The van der Waals surface area contributed by atoms with Crippen molar-refractivity contribution in [2.24, 2.45) is 0 Å². The second-order valence-electron chi connectivity index (χ2n) is 5.22. The van der Waals surface area contributed by atoms with Crippen LogP contribution in [0.4, 0.5) is 5.69 Å². The first kappa shape index (κ1) is 20.3. The highest BCUT2D eigenvalue weighted by atomic mass is 127. The number of ether oxygens (including phenoxy) is 2. The number of halogens is 1. The number of hydrogen-bond acceptors (Lipinski definition) is 5. The summed E-state index contributed by atoms with van der Waals surface area (Å²) in [5.74, 6) is -0.541. The average Bonchev–Trinajstić information content (AvgIpc) is 2.65. The fourth-order valence-electron chi connectivity index (χ4n) is 2.05. The quantitative estimate of drug-likeness (QED) is 0.359. The Hall–Kier alpha value is -3.06. The second kappa shape index (κ2) is 9.59. The first-order valence-electron chi connectivity index (χ1n) is 7.64. The van der Waals surface area contributed by atoms with E-state index in [0.717, 1.165) is 0 Å². The summed E-state index contributed by atoms with van der Waals surface area (Å²) in [7, 11) is 1.55. The third-order valence-corrected chi connectivity index (χ3v) is 4.17. The van der Waals surface area contributed by atoms with Gasteiger partial charge in [-0.1, -0.05) is 6.07 Å². The summed E-state index contributed by atoms with van der Waals surface area (Å²) >= 11 is 1.99. The molecule has 138 valence electrons. The number of nitriles is 1. The Morgan fingerprint density at radius 2 is 1.96 bits per heavy atom. The summed E-state index contributed by atoms with van der Waals surface area (Å²) in [6, 6.07) is 13.5. The van der Waals surface area contributed by atoms with E-state index in [0.29, 0.717) is 26.3 Å². The van der Waals surface area contributed by atoms with Crippen molar-refractivity contribution in [3.8, 4) is 17.6 Å². The standard InChI is InChI=1S/C19H15IN2O5/c1-26-15-5-3-14(4-6-15)22-19(25)13(10-21)8-12-2-7-17(16(20)9-12)27-11-18(23)24/h2-9H,11H2,1H3,(H,22,25)(H,23,24)/b13-8-. The van der Waals surface area contributed by atoms with Crippen LogP contribution in [0.2, 0.25) is 0 Å². The number of rotatable bonds is 7. The zero-order chi connectivity index (χ0) is 19.8. The summed E-state index contributed by atoms with van der Waals surface area (Å²) in [5.41, 5.74) is 1.08. The molecule has 0 unspecified atom stereocenters. The predicted octanol–water partition coefficient (Wildman–Crippen LogP) is 3.31. The average molecular weight is 478 g/mol. The summed E-state index contributed by atoms with van der Waals surface area (Å²) in [6.07, 6.45) is 1.45. The maximum Gasteiger partial charge on any atom is 0.341 e. The molecule has 27 heavy (non-hydrogen) atoms. The lowest BCUT2D eigenvalue weighted by Crippen LogP contribution is -2.13. The maximum atomic E-state index is 12.3. The summed E-state index contributed by atoms with van der Waals surface area (Å²) in [4.78, 5) is 22.9.